The van der Waals surface area contributed by atoms with Gasteiger partial charge in [-0.2, -0.15) is 0 Å². The van der Waals surface area contributed by atoms with E-state index in [2.05, 4.69) is 15.3 Å². The first-order valence-electron chi connectivity index (χ1n) is 7.45. The van der Waals surface area contributed by atoms with E-state index in [0.29, 0.717) is 38.4 Å². The van der Waals surface area contributed by atoms with Crippen LogP contribution in [0.2, 0.25) is 5.02 Å². The number of hydrogen-bond acceptors (Lipinski definition) is 5. The summed E-state index contributed by atoms with van der Waals surface area (Å²) in [6.45, 7) is 1.79. The van der Waals surface area contributed by atoms with E-state index in [-0.39, 0.29) is 0 Å². The number of carboxylic acid groups (broad SMARTS) is 1. The molecule has 0 radical (unpaired) electrons. The van der Waals surface area contributed by atoms with Gasteiger partial charge in [-0.15, -0.1) is 11.3 Å². The van der Waals surface area contributed by atoms with Crippen molar-refractivity contribution in [1.29, 1.82) is 0 Å². The van der Waals surface area contributed by atoms with Crippen LogP contribution in [0.4, 0.5) is 5.82 Å². The van der Waals surface area contributed by atoms with Crippen molar-refractivity contribution in [3.05, 3.63) is 51.1 Å². The van der Waals surface area contributed by atoms with Gasteiger partial charge in [-0.05, 0) is 36.6 Å². The Morgan fingerprint density at radius 1 is 1.33 bits per heavy atom. The van der Waals surface area contributed by atoms with Crippen molar-refractivity contribution in [2.75, 3.05) is 12.4 Å². The monoisotopic (exact) mass is 361 g/mol. The molecule has 0 bridgehead atoms. The normalized spacial score (nSPS) is 11.0. The predicted molar refractivity (Wildman–Crippen MR) is 97.5 cm³/mol. The fourth-order valence-corrected chi connectivity index (χ4v) is 3.88. The number of anilines is 1. The van der Waals surface area contributed by atoms with Crippen molar-refractivity contribution in [1.82, 2.24) is 9.97 Å². The second kappa shape index (κ2) is 6.75. The third kappa shape index (κ3) is 3.20. The number of fused-ring (bicyclic) bond motifs is 1. The Labute approximate surface area is 148 Å². The third-order valence-corrected chi connectivity index (χ3v) is 5.20. The van der Waals surface area contributed by atoms with E-state index in [1.165, 1.54) is 11.3 Å². The van der Waals surface area contributed by atoms with Gasteiger partial charge in [0.15, 0.2) is 0 Å². The molecular weight excluding hydrogens is 346 g/mol. The summed E-state index contributed by atoms with van der Waals surface area (Å²) < 4.78 is 0. The second-order valence-electron chi connectivity index (χ2n) is 5.41. The molecule has 3 aromatic rings. The molecule has 5 nitrogen and oxygen atoms in total. The number of hydrogen-bond donors (Lipinski definition) is 2. The molecular formula is C17H16ClN3O2S. The van der Waals surface area contributed by atoms with Gasteiger partial charge < -0.3 is 10.4 Å². The summed E-state index contributed by atoms with van der Waals surface area (Å²) in [5.74, 6) is 0.422. The number of aryl methyl sites for hydroxylation is 3. The number of aromatic nitrogens is 2. The number of rotatable bonds is 5. The Morgan fingerprint density at radius 3 is 2.79 bits per heavy atom. The van der Waals surface area contributed by atoms with Crippen molar-refractivity contribution in [2.24, 2.45) is 0 Å². The van der Waals surface area contributed by atoms with Crippen LogP contribution >= 0.6 is 22.9 Å². The van der Waals surface area contributed by atoms with Gasteiger partial charge in [0.2, 0.25) is 0 Å². The third-order valence-electron chi connectivity index (χ3n) is 3.79. The molecule has 124 valence electrons. The minimum Gasteiger partial charge on any atom is -0.477 e. The zero-order valence-corrected chi connectivity index (χ0v) is 14.8. The topological polar surface area (TPSA) is 75.1 Å². The van der Waals surface area contributed by atoms with Crippen molar-refractivity contribution in [2.45, 2.75) is 19.8 Å². The summed E-state index contributed by atoms with van der Waals surface area (Å²) in [6.07, 6.45) is 1.43. The maximum Gasteiger partial charge on any atom is 0.346 e. The molecule has 0 saturated heterocycles. The number of halogens is 1. The van der Waals surface area contributed by atoms with E-state index in [1.807, 2.05) is 24.3 Å². The van der Waals surface area contributed by atoms with Gasteiger partial charge in [0.1, 0.15) is 21.3 Å². The number of aromatic carboxylic acids is 1. The van der Waals surface area contributed by atoms with E-state index >= 15 is 0 Å². The summed E-state index contributed by atoms with van der Waals surface area (Å²) in [7, 11) is 1.78. The maximum atomic E-state index is 11.3. The maximum absolute atomic E-state index is 11.3. The van der Waals surface area contributed by atoms with Crippen LogP contribution in [0, 0.1) is 6.92 Å². The molecule has 0 fully saturated rings. The van der Waals surface area contributed by atoms with E-state index < -0.39 is 5.97 Å². The minimum absolute atomic E-state index is 0.308. The largest absolute Gasteiger partial charge is 0.477 e. The lowest BCUT2D eigenvalue weighted by atomic mass is 10.1. The van der Waals surface area contributed by atoms with E-state index in [4.69, 9.17) is 11.6 Å². The lowest BCUT2D eigenvalue weighted by Crippen LogP contribution is -2.03. The summed E-state index contributed by atoms with van der Waals surface area (Å²) in [6, 6.07) is 7.70. The lowest BCUT2D eigenvalue weighted by Gasteiger charge is -2.07. The highest BCUT2D eigenvalue weighted by molar-refractivity contribution is 7.20. The Morgan fingerprint density at radius 2 is 2.12 bits per heavy atom. The van der Waals surface area contributed by atoms with Gasteiger partial charge in [-0.25, -0.2) is 14.8 Å². The van der Waals surface area contributed by atoms with Crippen LogP contribution in [0.5, 0.6) is 0 Å². The summed E-state index contributed by atoms with van der Waals surface area (Å²) in [5, 5.41) is 13.9. The molecule has 0 amide bonds. The summed E-state index contributed by atoms with van der Waals surface area (Å²) in [5.41, 5.74) is 1.82. The lowest BCUT2D eigenvalue weighted by molar-refractivity contribution is 0.0701. The van der Waals surface area contributed by atoms with Gasteiger partial charge in [0.25, 0.3) is 0 Å². The van der Waals surface area contributed by atoms with Crippen molar-refractivity contribution in [3.63, 3.8) is 0 Å². The fraction of sp³-hybridized carbons (Fsp3) is 0.235. The molecule has 0 spiro atoms. The zero-order valence-electron chi connectivity index (χ0n) is 13.3. The van der Waals surface area contributed by atoms with Crippen molar-refractivity contribution < 1.29 is 9.90 Å². The first kappa shape index (κ1) is 16.7. The van der Waals surface area contributed by atoms with E-state index in [9.17, 15) is 9.90 Å². The summed E-state index contributed by atoms with van der Waals surface area (Å²) in [4.78, 5) is 21.5. The van der Waals surface area contributed by atoms with Crippen LogP contribution in [0.25, 0.3) is 10.2 Å². The molecule has 7 heteroatoms. The number of carbonyl (C=O) groups is 1. The number of carboxylic acids is 1. The SMILES string of the molecule is CNc1nc(CCc2cccc(Cl)c2)nc2sc(C(=O)O)c(C)c12. The van der Waals surface area contributed by atoms with E-state index in [1.54, 1.807) is 14.0 Å². The standard InChI is InChI=1S/C17H16ClN3O2S/c1-9-13-15(19-2)20-12(21-16(13)24-14(9)17(22)23)7-6-10-4-3-5-11(18)8-10/h3-5,8H,6-7H2,1-2H3,(H,22,23)(H,19,20,21). The first-order valence-corrected chi connectivity index (χ1v) is 8.64. The van der Waals surface area contributed by atoms with Gasteiger partial charge in [-0.1, -0.05) is 23.7 Å². The van der Waals surface area contributed by atoms with Gasteiger partial charge in [0, 0.05) is 18.5 Å². The second-order valence-corrected chi connectivity index (χ2v) is 6.85. The molecule has 0 aliphatic carbocycles. The van der Waals surface area contributed by atoms with Crippen LogP contribution < -0.4 is 5.32 Å². The molecule has 2 aromatic heterocycles. The van der Waals surface area contributed by atoms with Crippen molar-refractivity contribution in [3.8, 4) is 0 Å². The highest BCUT2D eigenvalue weighted by Crippen LogP contribution is 2.33. The average Bonchev–Trinajstić information content (AvgIpc) is 2.89. The van der Waals surface area contributed by atoms with Crippen LogP contribution in [0.1, 0.15) is 26.6 Å². The minimum atomic E-state index is -0.932. The molecule has 0 unspecified atom stereocenters. The van der Waals surface area contributed by atoms with E-state index in [0.717, 1.165) is 17.4 Å². The fourth-order valence-electron chi connectivity index (χ4n) is 2.63. The van der Waals surface area contributed by atoms with Crippen LogP contribution in [0.15, 0.2) is 24.3 Å². The number of nitrogens with zero attached hydrogens (tertiary/aromatic N) is 2. The Hall–Kier alpha value is -2.18. The number of benzene rings is 1. The van der Waals surface area contributed by atoms with Crippen LogP contribution in [0.3, 0.4) is 0 Å². The highest BCUT2D eigenvalue weighted by Gasteiger charge is 2.19. The first-order chi connectivity index (χ1) is 11.5. The van der Waals surface area contributed by atoms with Gasteiger partial charge >= 0.3 is 5.97 Å². The molecule has 2 heterocycles. The molecule has 24 heavy (non-hydrogen) atoms. The molecule has 1 aromatic carbocycles. The Bertz CT molecular complexity index is 924. The van der Waals surface area contributed by atoms with Crippen LogP contribution in [-0.2, 0) is 12.8 Å². The predicted octanol–water partition coefficient (Wildman–Crippen LogP) is 4.18. The van der Waals surface area contributed by atoms with Crippen molar-refractivity contribution >= 4 is 44.9 Å². The molecule has 0 aliphatic heterocycles. The Kier molecular flexibility index (Phi) is 4.69. The number of nitrogens with one attached hydrogen (secondary N) is 1. The summed E-state index contributed by atoms with van der Waals surface area (Å²) >= 11 is 7.20. The Balaban J connectivity index is 1.96. The molecule has 0 saturated carbocycles. The van der Waals surface area contributed by atoms with Gasteiger partial charge in [-0.3, -0.25) is 0 Å². The molecule has 2 N–H and O–H groups in total. The van der Waals surface area contributed by atoms with Gasteiger partial charge in [0.05, 0.1) is 5.39 Å². The van der Waals surface area contributed by atoms with Crippen LogP contribution in [-0.4, -0.2) is 28.1 Å². The molecule has 3 rings (SSSR count). The number of thiophene rings is 1. The zero-order chi connectivity index (χ0) is 17.3. The molecule has 0 aliphatic rings. The molecule has 0 atom stereocenters. The highest BCUT2D eigenvalue weighted by atomic mass is 35.5. The average molecular weight is 362 g/mol. The quantitative estimate of drug-likeness (QED) is 0.713. The smallest absolute Gasteiger partial charge is 0.346 e.